The van der Waals surface area contributed by atoms with E-state index in [0.717, 1.165) is 0 Å². The van der Waals surface area contributed by atoms with Gasteiger partial charge in [-0.1, -0.05) is 25.1 Å². The van der Waals surface area contributed by atoms with Gasteiger partial charge in [0.05, 0.1) is 0 Å². The molecule has 2 N–H and O–H groups in total. The molecule has 0 unspecified atom stereocenters. The van der Waals surface area contributed by atoms with Crippen LogP contribution < -0.4 is 10.9 Å². The molecule has 0 aromatic heterocycles. The van der Waals surface area contributed by atoms with Gasteiger partial charge in [-0.2, -0.15) is 0 Å². The molecule has 32 heavy (non-hydrogen) atoms. The Bertz CT molecular complexity index is 979. The first kappa shape index (κ1) is 25.1. The predicted molar refractivity (Wildman–Crippen MR) is 128 cm³/mol. The van der Waals surface area contributed by atoms with Crippen molar-refractivity contribution < 1.29 is 14.4 Å². The first-order valence-corrected chi connectivity index (χ1v) is 14.4. The minimum absolute atomic E-state index is 0.0432. The van der Waals surface area contributed by atoms with Gasteiger partial charge in [0, 0.05) is 5.56 Å². The van der Waals surface area contributed by atoms with Gasteiger partial charge in [0.15, 0.2) is 0 Å². The van der Waals surface area contributed by atoms with Gasteiger partial charge >= 0.3 is 102 Å². The Hall–Kier alpha value is -3.15. The van der Waals surface area contributed by atoms with Crippen LogP contribution in [0.2, 0.25) is 0 Å². The van der Waals surface area contributed by atoms with Gasteiger partial charge in [0.1, 0.15) is 11.5 Å². The summed E-state index contributed by atoms with van der Waals surface area (Å²) in [6.07, 6.45) is 0.260. The molecule has 5 nitrogen and oxygen atoms in total. The summed E-state index contributed by atoms with van der Waals surface area (Å²) in [6, 6.07) is 30.1. The molecule has 0 bridgehead atoms. The second-order valence-corrected chi connectivity index (χ2v) is 10.2. The Morgan fingerprint density at radius 2 is 1.22 bits per heavy atom. The van der Waals surface area contributed by atoms with Crippen molar-refractivity contribution in [3.8, 4) is 0 Å². The van der Waals surface area contributed by atoms with Gasteiger partial charge in [0.25, 0.3) is 11.8 Å². The van der Waals surface area contributed by atoms with E-state index in [1.54, 1.807) is 37.3 Å². The van der Waals surface area contributed by atoms with Crippen LogP contribution in [0.15, 0.2) is 96.6 Å². The summed E-state index contributed by atoms with van der Waals surface area (Å²) >= 11 is -0.258. The molecule has 2 amide bonds. The standard InChI is InChI=1S/C12H12N2O3.2C7H7.Sn/c1-2-9(8-15)11(16)13-14-12(17)10-6-4-3-5-7-10;2*1-7-5-3-2-4-6-7;/h3-7H,2H2,1H3,(H,13,16)(H,14,17);2*2-6H,1H2;. The number of amides is 2. The molecule has 3 aromatic carbocycles. The second kappa shape index (κ2) is 14.8. The summed E-state index contributed by atoms with van der Waals surface area (Å²) in [5, 5.41) is 0. The van der Waals surface area contributed by atoms with Crippen LogP contribution >= 0.6 is 0 Å². The Kier molecular flexibility index (Phi) is 11.6. The van der Waals surface area contributed by atoms with Crippen molar-refractivity contribution in [3.05, 3.63) is 113 Å². The van der Waals surface area contributed by atoms with Crippen LogP contribution in [0.1, 0.15) is 34.8 Å². The number of hydrazine groups is 1. The molecule has 0 fully saturated rings. The maximum atomic E-state index is 11.5. The fourth-order valence-corrected chi connectivity index (χ4v) is 6.02. The molecule has 0 saturated heterocycles. The fourth-order valence-electron chi connectivity index (χ4n) is 2.67. The van der Waals surface area contributed by atoms with Gasteiger partial charge in [-0.05, 0) is 18.6 Å². The molecule has 0 aliphatic carbocycles. The van der Waals surface area contributed by atoms with E-state index in [-0.39, 0.29) is 33.1 Å². The molecule has 3 rings (SSSR count). The number of benzene rings is 3. The van der Waals surface area contributed by atoms with Crippen molar-refractivity contribution in [2.24, 2.45) is 0 Å². The zero-order valence-corrected chi connectivity index (χ0v) is 20.9. The van der Waals surface area contributed by atoms with Gasteiger partial charge in [-0.3, -0.25) is 20.4 Å². The minimum atomic E-state index is -0.646. The summed E-state index contributed by atoms with van der Waals surface area (Å²) in [4.78, 5) is 33.2. The number of hydrogen-bond acceptors (Lipinski definition) is 3. The molecule has 0 atom stereocenters. The molecule has 0 aliphatic heterocycles. The van der Waals surface area contributed by atoms with Gasteiger partial charge < -0.3 is 0 Å². The summed E-state index contributed by atoms with van der Waals surface area (Å²) in [6.45, 7) is 1.65. The Morgan fingerprint density at radius 1 is 0.750 bits per heavy atom. The quantitative estimate of drug-likeness (QED) is 0.211. The average Bonchev–Trinajstić information content (AvgIpc) is 2.85. The van der Waals surface area contributed by atoms with E-state index in [4.69, 9.17) is 0 Å². The molecule has 0 saturated carbocycles. The third-order valence-corrected chi connectivity index (χ3v) is 8.18. The van der Waals surface area contributed by atoms with Gasteiger partial charge in [-0.25, -0.2) is 4.79 Å². The first-order chi connectivity index (χ1) is 15.6. The Labute approximate surface area is 199 Å². The molecule has 2 radical (unpaired) electrons. The van der Waals surface area contributed by atoms with E-state index in [1.165, 1.54) is 25.9 Å². The summed E-state index contributed by atoms with van der Waals surface area (Å²) < 4.78 is 2.69. The van der Waals surface area contributed by atoms with Crippen LogP contribution in [0.4, 0.5) is 0 Å². The van der Waals surface area contributed by atoms with Gasteiger partial charge in [0.2, 0.25) is 0 Å². The van der Waals surface area contributed by atoms with Crippen molar-refractivity contribution in [1.29, 1.82) is 0 Å². The van der Waals surface area contributed by atoms with Crippen molar-refractivity contribution in [1.82, 2.24) is 10.9 Å². The first-order valence-electron chi connectivity index (χ1n) is 10.3. The SMILES string of the molecule is CCC(=C=O)C(=O)NNC(=O)c1ccccc1.c1ccc([CH2][Sn][CH2]c2ccccc2)cc1. The van der Waals surface area contributed by atoms with Crippen LogP contribution in [-0.4, -0.2) is 38.9 Å². The van der Waals surface area contributed by atoms with Crippen LogP contribution in [0, 0.1) is 0 Å². The van der Waals surface area contributed by atoms with Gasteiger partial charge in [-0.15, -0.1) is 0 Å². The van der Waals surface area contributed by atoms with Crippen LogP contribution in [0.25, 0.3) is 0 Å². The summed E-state index contributed by atoms with van der Waals surface area (Å²) in [5.41, 5.74) is 7.76. The predicted octanol–water partition coefficient (Wildman–Crippen LogP) is 3.71. The molecular weight excluding hydrogens is 507 g/mol. The Balaban J connectivity index is 0.000000228. The molecule has 0 aliphatic rings. The maximum absolute atomic E-state index is 11.5. The summed E-state index contributed by atoms with van der Waals surface area (Å²) in [5.74, 6) is 0.428. The van der Waals surface area contributed by atoms with E-state index in [2.05, 4.69) is 71.5 Å². The number of rotatable bonds is 7. The van der Waals surface area contributed by atoms with Crippen LogP contribution in [0.3, 0.4) is 0 Å². The molecule has 6 heteroatoms. The molecule has 0 heterocycles. The summed E-state index contributed by atoms with van der Waals surface area (Å²) in [7, 11) is 0. The van der Waals surface area contributed by atoms with E-state index in [9.17, 15) is 14.4 Å². The average molecular weight is 533 g/mol. The monoisotopic (exact) mass is 534 g/mol. The second-order valence-electron chi connectivity index (χ2n) is 6.78. The number of hydrogen-bond donors (Lipinski definition) is 2. The van der Waals surface area contributed by atoms with Crippen molar-refractivity contribution in [2.75, 3.05) is 0 Å². The normalized spacial score (nSPS) is 9.53. The molecular formula is C26H26N2O3Sn. The van der Waals surface area contributed by atoms with Crippen LogP contribution in [0.5, 0.6) is 0 Å². The van der Waals surface area contributed by atoms with Crippen LogP contribution in [-0.2, 0) is 18.5 Å². The van der Waals surface area contributed by atoms with Crippen molar-refractivity contribution in [2.45, 2.75) is 22.2 Å². The van der Waals surface area contributed by atoms with E-state index < -0.39 is 11.8 Å². The van der Waals surface area contributed by atoms with E-state index >= 15 is 0 Å². The third kappa shape index (κ3) is 9.33. The van der Waals surface area contributed by atoms with E-state index in [1.807, 2.05) is 0 Å². The molecule has 3 aromatic rings. The van der Waals surface area contributed by atoms with E-state index in [0.29, 0.717) is 5.56 Å². The molecule has 162 valence electrons. The third-order valence-electron chi connectivity index (χ3n) is 4.42. The number of nitrogens with one attached hydrogen (secondary N) is 2. The number of carbonyl (C=O) groups excluding carboxylic acids is 3. The van der Waals surface area contributed by atoms with Crippen molar-refractivity contribution in [3.63, 3.8) is 0 Å². The van der Waals surface area contributed by atoms with Crippen molar-refractivity contribution >= 4 is 38.9 Å². The number of carbonyl (C=O) groups is 2. The topological polar surface area (TPSA) is 75.3 Å². The fraction of sp³-hybridized carbons (Fsp3) is 0.154. The zero-order chi connectivity index (χ0) is 23.0. The zero-order valence-electron chi connectivity index (χ0n) is 18.0. The Morgan fingerprint density at radius 3 is 1.66 bits per heavy atom. The molecule has 0 spiro atoms.